The van der Waals surface area contributed by atoms with Gasteiger partial charge >= 0.3 is 12.4 Å². The van der Waals surface area contributed by atoms with Crippen LogP contribution >= 0.6 is 11.6 Å². The second-order valence-corrected chi connectivity index (χ2v) is 5.90. The van der Waals surface area contributed by atoms with Crippen molar-refractivity contribution in [2.24, 2.45) is 0 Å². The van der Waals surface area contributed by atoms with Gasteiger partial charge in [-0.2, -0.15) is 26.3 Å². The maximum atomic E-state index is 12.7. The molecule has 1 aromatic heterocycles. The number of halogens is 7. The van der Waals surface area contributed by atoms with Crippen LogP contribution in [0.1, 0.15) is 11.1 Å². The predicted molar refractivity (Wildman–Crippen MR) is 87.9 cm³/mol. The summed E-state index contributed by atoms with van der Waals surface area (Å²) < 4.78 is 76.0. The number of rotatable bonds is 2. The molecule has 0 aliphatic heterocycles. The quantitative estimate of drug-likeness (QED) is 0.361. The molecule has 0 aliphatic rings. The fourth-order valence-corrected chi connectivity index (χ4v) is 2.56. The lowest BCUT2D eigenvalue weighted by atomic mass is 10.0. The Morgan fingerprint density at radius 2 is 0.926 bits per heavy atom. The van der Waals surface area contributed by atoms with Gasteiger partial charge < -0.3 is 0 Å². The Bertz CT molecular complexity index is 872. The van der Waals surface area contributed by atoms with Crippen molar-refractivity contribution < 1.29 is 26.3 Å². The van der Waals surface area contributed by atoms with E-state index in [1.807, 2.05) is 0 Å². The molecule has 0 bridgehead atoms. The van der Waals surface area contributed by atoms with E-state index in [0.29, 0.717) is 11.1 Å². The third-order valence-electron chi connectivity index (χ3n) is 3.71. The largest absolute Gasteiger partial charge is 0.416 e. The van der Waals surface area contributed by atoms with Crippen molar-refractivity contribution in [2.45, 2.75) is 12.4 Å². The average Bonchev–Trinajstić information content (AvgIpc) is 2.60. The zero-order valence-corrected chi connectivity index (χ0v) is 14.0. The number of nitrogens with zero attached hydrogens (tertiary/aromatic N) is 2. The number of hydrogen-bond acceptors (Lipinski definition) is 2. The first-order valence-electron chi connectivity index (χ1n) is 7.44. The topological polar surface area (TPSA) is 25.8 Å². The molecule has 0 aliphatic carbocycles. The highest BCUT2D eigenvalue weighted by atomic mass is 35.5. The molecular formula is C18H9ClF6N2. The summed E-state index contributed by atoms with van der Waals surface area (Å²) in [5.41, 5.74) is -0.401. The number of aromatic nitrogens is 2. The SMILES string of the molecule is FC(F)(F)c1ccc(-c2cc(-c3ccc(C(F)(F)F)cc3)nc(Cl)n2)cc1. The lowest BCUT2D eigenvalue weighted by molar-refractivity contribution is -0.138. The Hall–Kier alpha value is -2.61. The second-order valence-electron chi connectivity index (χ2n) is 5.56. The van der Waals surface area contributed by atoms with Crippen molar-refractivity contribution >= 4 is 11.6 Å². The zero-order valence-electron chi connectivity index (χ0n) is 13.2. The van der Waals surface area contributed by atoms with Gasteiger partial charge in [-0.3, -0.25) is 0 Å². The van der Waals surface area contributed by atoms with Crippen LogP contribution in [0.15, 0.2) is 54.6 Å². The van der Waals surface area contributed by atoms with Crippen LogP contribution in [0.2, 0.25) is 5.28 Å². The molecule has 2 aromatic carbocycles. The first-order chi connectivity index (χ1) is 12.5. The number of benzene rings is 2. The third-order valence-corrected chi connectivity index (χ3v) is 3.88. The van der Waals surface area contributed by atoms with E-state index in [4.69, 9.17) is 11.6 Å². The molecule has 0 saturated heterocycles. The molecular weight excluding hydrogens is 394 g/mol. The molecule has 2 nitrogen and oxygen atoms in total. The summed E-state index contributed by atoms with van der Waals surface area (Å²) in [5, 5.41) is -0.178. The minimum absolute atomic E-state index is 0.178. The first kappa shape index (κ1) is 19.2. The second kappa shape index (κ2) is 6.84. The summed E-state index contributed by atoms with van der Waals surface area (Å²) >= 11 is 5.88. The van der Waals surface area contributed by atoms with E-state index in [9.17, 15) is 26.3 Å². The molecule has 0 radical (unpaired) electrons. The predicted octanol–water partition coefficient (Wildman–Crippen LogP) is 6.50. The van der Waals surface area contributed by atoms with E-state index in [1.54, 1.807) is 0 Å². The summed E-state index contributed by atoms with van der Waals surface area (Å²) in [5.74, 6) is 0. The molecule has 0 fully saturated rings. The van der Waals surface area contributed by atoms with Gasteiger partial charge in [0.05, 0.1) is 22.5 Å². The molecule has 0 amide bonds. The fraction of sp³-hybridized carbons (Fsp3) is 0.111. The standard InChI is InChI=1S/C18H9ClF6N2/c19-16-26-14(10-1-5-12(6-2-10)17(20,21)22)9-15(27-16)11-3-7-13(8-4-11)18(23,24)25/h1-9H. The van der Waals surface area contributed by atoms with E-state index in [1.165, 1.54) is 30.3 Å². The molecule has 0 saturated carbocycles. The highest BCUT2D eigenvalue weighted by Crippen LogP contribution is 2.33. The normalized spacial score (nSPS) is 12.3. The van der Waals surface area contributed by atoms with Crippen LogP contribution in [0.3, 0.4) is 0 Å². The van der Waals surface area contributed by atoms with Gasteiger partial charge in [0.15, 0.2) is 0 Å². The van der Waals surface area contributed by atoms with E-state index in [2.05, 4.69) is 9.97 Å². The van der Waals surface area contributed by atoms with Gasteiger partial charge in [-0.15, -0.1) is 0 Å². The Labute approximate surface area is 154 Å². The van der Waals surface area contributed by atoms with Gasteiger partial charge in [0.1, 0.15) is 0 Å². The maximum Gasteiger partial charge on any atom is 0.416 e. The summed E-state index contributed by atoms with van der Waals surface area (Å²) in [6.45, 7) is 0. The summed E-state index contributed by atoms with van der Waals surface area (Å²) in [6.07, 6.45) is -8.93. The molecule has 0 spiro atoms. The monoisotopic (exact) mass is 402 g/mol. The Morgan fingerprint density at radius 1 is 0.593 bits per heavy atom. The summed E-state index contributed by atoms with van der Waals surface area (Å²) in [7, 11) is 0. The van der Waals surface area contributed by atoms with Crippen LogP contribution in [0, 0.1) is 0 Å². The first-order valence-corrected chi connectivity index (χ1v) is 7.82. The lowest BCUT2D eigenvalue weighted by Gasteiger charge is -2.10. The molecule has 3 rings (SSSR count). The molecule has 27 heavy (non-hydrogen) atoms. The number of alkyl halides is 6. The van der Waals surface area contributed by atoms with Crippen LogP contribution in [-0.2, 0) is 12.4 Å². The van der Waals surface area contributed by atoms with Crippen LogP contribution in [0.25, 0.3) is 22.5 Å². The smallest absolute Gasteiger partial charge is 0.218 e. The minimum Gasteiger partial charge on any atom is -0.218 e. The molecule has 1 heterocycles. The van der Waals surface area contributed by atoms with E-state index in [0.717, 1.165) is 24.3 Å². The van der Waals surface area contributed by atoms with Gasteiger partial charge in [0.2, 0.25) is 5.28 Å². The highest BCUT2D eigenvalue weighted by Gasteiger charge is 2.31. The van der Waals surface area contributed by atoms with Crippen molar-refractivity contribution in [3.63, 3.8) is 0 Å². The van der Waals surface area contributed by atoms with Gasteiger partial charge in [-0.25, -0.2) is 9.97 Å². The molecule has 0 unspecified atom stereocenters. The number of hydrogen-bond donors (Lipinski definition) is 0. The van der Waals surface area contributed by atoms with Crippen LogP contribution in [0.5, 0.6) is 0 Å². The van der Waals surface area contributed by atoms with E-state index < -0.39 is 23.5 Å². The minimum atomic E-state index is -4.47. The summed E-state index contributed by atoms with van der Waals surface area (Å²) in [6, 6.07) is 10.0. The van der Waals surface area contributed by atoms with Gasteiger partial charge in [0.25, 0.3) is 0 Å². The zero-order chi connectivity index (χ0) is 19.8. The van der Waals surface area contributed by atoms with Crippen molar-refractivity contribution in [3.8, 4) is 22.5 Å². The summed E-state index contributed by atoms with van der Waals surface area (Å²) in [4.78, 5) is 7.94. The average molecular weight is 403 g/mol. The molecule has 9 heteroatoms. The van der Waals surface area contributed by atoms with E-state index in [-0.39, 0.29) is 16.7 Å². The third kappa shape index (κ3) is 4.39. The van der Waals surface area contributed by atoms with Crippen LogP contribution < -0.4 is 0 Å². The Balaban J connectivity index is 1.97. The van der Waals surface area contributed by atoms with Crippen molar-refractivity contribution in [1.29, 1.82) is 0 Å². The van der Waals surface area contributed by atoms with Gasteiger partial charge in [-0.1, -0.05) is 24.3 Å². The Morgan fingerprint density at radius 3 is 1.22 bits per heavy atom. The molecule has 0 N–H and O–H groups in total. The van der Waals surface area contributed by atoms with Crippen molar-refractivity contribution in [1.82, 2.24) is 9.97 Å². The molecule has 0 atom stereocenters. The van der Waals surface area contributed by atoms with Crippen molar-refractivity contribution in [3.05, 3.63) is 71.0 Å². The molecule has 140 valence electrons. The van der Waals surface area contributed by atoms with Crippen LogP contribution in [0.4, 0.5) is 26.3 Å². The highest BCUT2D eigenvalue weighted by molar-refractivity contribution is 6.28. The van der Waals surface area contributed by atoms with Gasteiger partial charge in [0, 0.05) is 11.1 Å². The van der Waals surface area contributed by atoms with Crippen LogP contribution in [-0.4, -0.2) is 9.97 Å². The van der Waals surface area contributed by atoms with Crippen molar-refractivity contribution in [2.75, 3.05) is 0 Å². The fourth-order valence-electron chi connectivity index (χ4n) is 2.37. The Kier molecular flexibility index (Phi) is 4.86. The van der Waals surface area contributed by atoms with Gasteiger partial charge in [-0.05, 0) is 41.9 Å². The molecule has 3 aromatic rings. The maximum absolute atomic E-state index is 12.7. The van der Waals surface area contributed by atoms with E-state index >= 15 is 0 Å². The lowest BCUT2D eigenvalue weighted by Crippen LogP contribution is -2.04.